The molecule has 1 aromatic heterocycles. The minimum atomic E-state index is -3.45. The summed E-state index contributed by atoms with van der Waals surface area (Å²) >= 11 is 5.94. The summed E-state index contributed by atoms with van der Waals surface area (Å²) in [5.41, 5.74) is 7.33. The molecule has 0 saturated carbocycles. The molecule has 1 heterocycles. The third-order valence-electron chi connectivity index (χ3n) is 2.74. The zero-order valence-electron chi connectivity index (χ0n) is 10.3. The molecule has 1 aromatic carbocycles. The van der Waals surface area contributed by atoms with Crippen molar-refractivity contribution in [3.05, 3.63) is 52.8 Å². The van der Waals surface area contributed by atoms with E-state index in [4.69, 9.17) is 17.3 Å². The van der Waals surface area contributed by atoms with Crippen LogP contribution in [0.15, 0.2) is 41.6 Å². The lowest BCUT2D eigenvalue weighted by atomic mass is 10.2. The highest BCUT2D eigenvalue weighted by Crippen LogP contribution is 2.24. The first-order valence-corrected chi connectivity index (χ1v) is 7.60. The molecule has 0 aliphatic rings. The molecule has 0 unspecified atom stereocenters. The third kappa shape index (κ3) is 3.05. The van der Waals surface area contributed by atoms with Crippen LogP contribution in [0, 0.1) is 6.92 Å². The van der Waals surface area contributed by atoms with E-state index in [2.05, 4.69) is 4.98 Å². The lowest BCUT2D eigenvalue weighted by Gasteiger charge is -2.09. The Morgan fingerprint density at radius 1 is 1.32 bits per heavy atom. The van der Waals surface area contributed by atoms with Crippen LogP contribution in [-0.2, 0) is 15.6 Å². The minimum Gasteiger partial charge on any atom is -0.399 e. The van der Waals surface area contributed by atoms with Crippen LogP contribution in [0.5, 0.6) is 0 Å². The summed E-state index contributed by atoms with van der Waals surface area (Å²) in [5.74, 6) is -0.154. The number of anilines is 1. The van der Waals surface area contributed by atoms with E-state index < -0.39 is 9.84 Å². The van der Waals surface area contributed by atoms with Gasteiger partial charge < -0.3 is 5.73 Å². The van der Waals surface area contributed by atoms with Gasteiger partial charge in [0.1, 0.15) is 0 Å². The third-order valence-corrected chi connectivity index (χ3v) is 4.90. The molecular formula is C13H13ClN2O2S. The predicted octanol–water partition coefficient (Wildman–Crippen LogP) is 2.60. The number of nitrogens with zero attached hydrogens (tertiary/aromatic N) is 1. The second-order valence-electron chi connectivity index (χ2n) is 4.25. The Morgan fingerprint density at radius 2 is 2.05 bits per heavy atom. The molecule has 19 heavy (non-hydrogen) atoms. The Morgan fingerprint density at radius 3 is 2.68 bits per heavy atom. The summed E-state index contributed by atoms with van der Waals surface area (Å²) in [5, 5.41) is 0.346. The normalized spacial score (nSPS) is 11.5. The molecule has 0 atom stereocenters. The van der Waals surface area contributed by atoms with Crippen molar-refractivity contribution in [1.82, 2.24) is 4.98 Å². The topological polar surface area (TPSA) is 73.1 Å². The Balaban J connectivity index is 2.41. The highest BCUT2D eigenvalue weighted by atomic mass is 35.5. The summed E-state index contributed by atoms with van der Waals surface area (Å²) in [6, 6.07) is 6.34. The summed E-state index contributed by atoms with van der Waals surface area (Å²) in [6.07, 6.45) is 2.95. The molecule has 0 aliphatic heterocycles. The maximum absolute atomic E-state index is 12.4. The number of hydrogen-bond acceptors (Lipinski definition) is 4. The SMILES string of the molecule is Cc1cc(N)ccc1S(=O)(=O)Cc1ccncc1Cl. The van der Waals surface area contributed by atoms with Crippen LogP contribution < -0.4 is 5.73 Å². The van der Waals surface area contributed by atoms with E-state index in [0.29, 0.717) is 21.8 Å². The van der Waals surface area contributed by atoms with E-state index in [0.717, 1.165) is 0 Å². The molecule has 2 aromatic rings. The first-order chi connectivity index (χ1) is 8.90. The van der Waals surface area contributed by atoms with Crippen LogP contribution in [-0.4, -0.2) is 13.4 Å². The van der Waals surface area contributed by atoms with Crippen molar-refractivity contribution in [1.29, 1.82) is 0 Å². The Kier molecular flexibility index (Phi) is 3.78. The van der Waals surface area contributed by atoms with E-state index in [-0.39, 0.29) is 10.6 Å². The Bertz CT molecular complexity index is 714. The largest absolute Gasteiger partial charge is 0.399 e. The second kappa shape index (κ2) is 5.19. The molecule has 0 amide bonds. The maximum atomic E-state index is 12.4. The molecule has 0 aliphatic carbocycles. The van der Waals surface area contributed by atoms with Gasteiger partial charge in [-0.2, -0.15) is 0 Å². The van der Waals surface area contributed by atoms with Gasteiger partial charge in [0.25, 0.3) is 0 Å². The van der Waals surface area contributed by atoms with Gasteiger partial charge in [0.15, 0.2) is 9.84 Å². The first-order valence-electron chi connectivity index (χ1n) is 5.57. The first kappa shape index (κ1) is 13.8. The lowest BCUT2D eigenvalue weighted by Crippen LogP contribution is -2.07. The quantitative estimate of drug-likeness (QED) is 0.884. The van der Waals surface area contributed by atoms with Crippen LogP contribution in [0.4, 0.5) is 5.69 Å². The molecule has 0 spiro atoms. The number of aryl methyl sites for hydroxylation is 1. The number of benzene rings is 1. The van der Waals surface area contributed by atoms with Gasteiger partial charge in [0.05, 0.1) is 15.7 Å². The number of sulfone groups is 1. The van der Waals surface area contributed by atoms with Gasteiger partial charge in [-0.3, -0.25) is 4.98 Å². The molecule has 2 N–H and O–H groups in total. The summed E-state index contributed by atoms with van der Waals surface area (Å²) in [7, 11) is -3.45. The summed E-state index contributed by atoms with van der Waals surface area (Å²) in [4.78, 5) is 4.11. The van der Waals surface area contributed by atoms with E-state index in [1.54, 1.807) is 25.1 Å². The molecule has 100 valence electrons. The van der Waals surface area contributed by atoms with E-state index in [1.807, 2.05) is 0 Å². The van der Waals surface area contributed by atoms with Crippen molar-refractivity contribution in [2.24, 2.45) is 0 Å². The number of nitrogens with two attached hydrogens (primary N) is 1. The van der Waals surface area contributed by atoms with Gasteiger partial charge in [0, 0.05) is 18.1 Å². The number of hydrogen-bond donors (Lipinski definition) is 1. The maximum Gasteiger partial charge on any atom is 0.182 e. The molecule has 2 rings (SSSR count). The van der Waals surface area contributed by atoms with Crippen LogP contribution in [0.2, 0.25) is 5.02 Å². The number of pyridine rings is 1. The molecule has 0 fully saturated rings. The van der Waals surface area contributed by atoms with Crippen LogP contribution >= 0.6 is 11.6 Å². The highest BCUT2D eigenvalue weighted by Gasteiger charge is 2.19. The van der Waals surface area contributed by atoms with E-state index in [9.17, 15) is 8.42 Å². The van der Waals surface area contributed by atoms with Crippen molar-refractivity contribution < 1.29 is 8.42 Å². The lowest BCUT2D eigenvalue weighted by molar-refractivity contribution is 0.594. The summed E-state index contributed by atoms with van der Waals surface area (Å²) in [6.45, 7) is 1.72. The fraction of sp³-hybridized carbons (Fsp3) is 0.154. The number of nitrogen functional groups attached to an aromatic ring is 1. The minimum absolute atomic E-state index is 0.154. The number of halogens is 1. The molecule has 0 bridgehead atoms. The van der Waals surface area contributed by atoms with E-state index in [1.165, 1.54) is 18.5 Å². The van der Waals surface area contributed by atoms with Gasteiger partial charge in [-0.15, -0.1) is 0 Å². The van der Waals surface area contributed by atoms with Crippen molar-refractivity contribution in [3.63, 3.8) is 0 Å². The average molecular weight is 297 g/mol. The molecular weight excluding hydrogens is 284 g/mol. The Labute approximate surface area is 117 Å². The highest BCUT2D eigenvalue weighted by molar-refractivity contribution is 7.90. The van der Waals surface area contributed by atoms with Crippen LogP contribution in [0.25, 0.3) is 0 Å². The van der Waals surface area contributed by atoms with Crippen molar-refractivity contribution in [3.8, 4) is 0 Å². The monoisotopic (exact) mass is 296 g/mol. The number of aromatic nitrogens is 1. The van der Waals surface area contributed by atoms with Gasteiger partial charge in [0.2, 0.25) is 0 Å². The smallest absolute Gasteiger partial charge is 0.182 e. The van der Waals surface area contributed by atoms with Crippen molar-refractivity contribution in [2.75, 3.05) is 5.73 Å². The van der Waals surface area contributed by atoms with Gasteiger partial charge in [-0.1, -0.05) is 11.6 Å². The fourth-order valence-corrected chi connectivity index (χ4v) is 3.73. The van der Waals surface area contributed by atoms with E-state index >= 15 is 0 Å². The average Bonchev–Trinajstić information content (AvgIpc) is 2.31. The van der Waals surface area contributed by atoms with Crippen LogP contribution in [0.1, 0.15) is 11.1 Å². The van der Waals surface area contributed by atoms with Crippen LogP contribution in [0.3, 0.4) is 0 Å². The summed E-state index contributed by atoms with van der Waals surface area (Å²) < 4.78 is 24.7. The van der Waals surface area contributed by atoms with Crippen molar-refractivity contribution >= 4 is 27.1 Å². The van der Waals surface area contributed by atoms with Gasteiger partial charge in [-0.25, -0.2) is 8.42 Å². The molecule has 0 radical (unpaired) electrons. The standard InChI is InChI=1S/C13H13ClN2O2S/c1-9-6-11(15)2-3-13(9)19(17,18)8-10-4-5-16-7-12(10)14/h2-7H,8,15H2,1H3. The molecule has 6 heteroatoms. The Hall–Kier alpha value is -1.59. The predicted molar refractivity (Wildman–Crippen MR) is 75.7 cm³/mol. The second-order valence-corrected chi connectivity index (χ2v) is 6.62. The molecule has 0 saturated heterocycles. The number of rotatable bonds is 3. The zero-order chi connectivity index (χ0) is 14.0. The van der Waals surface area contributed by atoms with Gasteiger partial charge in [-0.05, 0) is 42.3 Å². The van der Waals surface area contributed by atoms with Gasteiger partial charge >= 0.3 is 0 Å². The zero-order valence-corrected chi connectivity index (χ0v) is 11.9. The van der Waals surface area contributed by atoms with Crippen molar-refractivity contribution in [2.45, 2.75) is 17.6 Å². The fourth-order valence-electron chi connectivity index (χ4n) is 1.83. The molecule has 4 nitrogen and oxygen atoms in total.